The number of hydrogen-bond donors (Lipinski definition) is 1. The first-order valence-corrected chi connectivity index (χ1v) is 7.59. The second-order valence-electron chi connectivity index (χ2n) is 5.78. The fraction of sp³-hybridized carbons (Fsp3) is 0.846. The van der Waals surface area contributed by atoms with Gasteiger partial charge in [-0.2, -0.15) is 0 Å². The highest BCUT2D eigenvalue weighted by molar-refractivity contribution is 7.71. The van der Waals surface area contributed by atoms with Crippen molar-refractivity contribution in [3.05, 3.63) is 4.77 Å². The number of aromatic amines is 1. The van der Waals surface area contributed by atoms with Gasteiger partial charge < -0.3 is 4.90 Å². The van der Waals surface area contributed by atoms with Crippen LogP contribution in [-0.4, -0.2) is 27.9 Å². The Bertz CT molecular complexity index is 452. The van der Waals surface area contributed by atoms with Gasteiger partial charge in [-0.15, -0.1) is 5.10 Å². The summed E-state index contributed by atoms with van der Waals surface area (Å²) in [4.78, 5) is 2.46. The molecular weight excluding hydrogens is 244 g/mol. The zero-order valence-electron chi connectivity index (χ0n) is 11.1. The van der Waals surface area contributed by atoms with Crippen LogP contribution in [0, 0.1) is 16.6 Å². The molecule has 4 nitrogen and oxygen atoms in total. The monoisotopic (exact) mass is 266 g/mol. The lowest BCUT2D eigenvalue weighted by Gasteiger charge is -2.41. The first-order chi connectivity index (χ1) is 8.78. The lowest BCUT2D eigenvalue weighted by Crippen LogP contribution is -2.43. The molecule has 2 heterocycles. The van der Waals surface area contributed by atoms with Gasteiger partial charge in [0.2, 0.25) is 5.95 Å². The molecule has 0 aromatic carbocycles. The van der Waals surface area contributed by atoms with Crippen LogP contribution >= 0.6 is 12.2 Å². The highest BCUT2D eigenvalue weighted by Gasteiger charge is 2.32. The van der Waals surface area contributed by atoms with Crippen LogP contribution in [0.25, 0.3) is 0 Å². The molecule has 3 rings (SSSR count). The lowest BCUT2D eigenvalue weighted by atomic mass is 9.78. The van der Waals surface area contributed by atoms with Crippen molar-refractivity contribution in [3.63, 3.8) is 0 Å². The van der Waals surface area contributed by atoms with E-state index in [2.05, 4.69) is 26.6 Å². The van der Waals surface area contributed by atoms with Gasteiger partial charge in [0, 0.05) is 19.6 Å². The summed E-state index contributed by atoms with van der Waals surface area (Å²) < 4.78 is 2.93. The predicted octanol–water partition coefficient (Wildman–Crippen LogP) is 2.98. The van der Waals surface area contributed by atoms with Crippen molar-refractivity contribution in [2.24, 2.45) is 11.8 Å². The van der Waals surface area contributed by atoms with E-state index in [1.54, 1.807) is 0 Å². The van der Waals surface area contributed by atoms with Crippen LogP contribution in [0.4, 0.5) is 5.95 Å². The van der Waals surface area contributed by atoms with Crippen molar-refractivity contribution >= 4 is 18.2 Å². The van der Waals surface area contributed by atoms with Gasteiger partial charge in [0.1, 0.15) is 0 Å². The molecule has 2 aliphatic rings. The number of nitrogens with zero attached hydrogens (tertiary/aromatic N) is 3. The number of anilines is 1. The summed E-state index contributed by atoms with van der Waals surface area (Å²) in [6.07, 6.45) is 6.74. The number of nitrogens with one attached hydrogen (secondary N) is 1. The SMILES string of the molecule is CCCn1c(N2CC3CCCC(C3)C2)n[nH]c1=S. The molecule has 2 atom stereocenters. The average molecular weight is 266 g/mol. The van der Waals surface area contributed by atoms with E-state index in [0.29, 0.717) is 0 Å². The molecule has 1 aromatic rings. The maximum absolute atomic E-state index is 5.33. The summed E-state index contributed by atoms with van der Waals surface area (Å²) in [5, 5.41) is 7.42. The smallest absolute Gasteiger partial charge is 0.225 e. The highest BCUT2D eigenvalue weighted by atomic mass is 32.1. The van der Waals surface area contributed by atoms with Gasteiger partial charge in [-0.05, 0) is 49.7 Å². The molecule has 1 N–H and O–H groups in total. The van der Waals surface area contributed by atoms with Gasteiger partial charge in [-0.1, -0.05) is 13.3 Å². The number of hydrogen-bond acceptors (Lipinski definition) is 3. The first-order valence-electron chi connectivity index (χ1n) is 7.18. The van der Waals surface area contributed by atoms with Gasteiger partial charge in [-0.25, -0.2) is 5.10 Å². The summed E-state index contributed by atoms with van der Waals surface area (Å²) >= 11 is 5.33. The summed E-state index contributed by atoms with van der Waals surface area (Å²) in [6, 6.07) is 0. The average Bonchev–Trinajstić information content (AvgIpc) is 2.71. The molecule has 18 heavy (non-hydrogen) atoms. The van der Waals surface area contributed by atoms with Crippen LogP contribution in [0.1, 0.15) is 39.0 Å². The zero-order chi connectivity index (χ0) is 12.5. The minimum Gasteiger partial charge on any atom is -0.340 e. The fourth-order valence-corrected chi connectivity index (χ4v) is 3.79. The van der Waals surface area contributed by atoms with E-state index < -0.39 is 0 Å². The van der Waals surface area contributed by atoms with Crippen LogP contribution in [0.5, 0.6) is 0 Å². The van der Waals surface area contributed by atoms with E-state index in [1.807, 2.05) is 0 Å². The molecule has 5 heteroatoms. The predicted molar refractivity (Wildman–Crippen MR) is 75.4 cm³/mol. The van der Waals surface area contributed by atoms with E-state index in [4.69, 9.17) is 12.2 Å². The molecular formula is C13H22N4S. The molecule has 1 saturated carbocycles. The molecule has 2 bridgehead atoms. The van der Waals surface area contributed by atoms with E-state index >= 15 is 0 Å². The molecule has 2 fully saturated rings. The molecule has 1 saturated heterocycles. The maximum atomic E-state index is 5.33. The Morgan fingerprint density at radius 2 is 2.06 bits per heavy atom. The third kappa shape index (κ3) is 2.20. The topological polar surface area (TPSA) is 36.9 Å². The third-order valence-corrected chi connectivity index (χ3v) is 4.63. The van der Waals surface area contributed by atoms with Crippen LogP contribution in [0.3, 0.4) is 0 Å². The van der Waals surface area contributed by atoms with Crippen LogP contribution in [0.15, 0.2) is 0 Å². The first kappa shape index (κ1) is 12.2. The van der Waals surface area contributed by atoms with Gasteiger partial charge in [-0.3, -0.25) is 4.57 Å². The standard InChI is InChI=1S/C13H22N4S/c1-2-6-17-12(14-15-13(17)18)16-8-10-4-3-5-11(7-10)9-16/h10-11H,2-9H2,1H3,(H,15,18). The highest BCUT2D eigenvalue weighted by Crippen LogP contribution is 2.35. The third-order valence-electron chi connectivity index (χ3n) is 4.32. The van der Waals surface area contributed by atoms with E-state index in [-0.39, 0.29) is 0 Å². The summed E-state index contributed by atoms with van der Waals surface area (Å²) in [5.74, 6) is 2.81. The fourth-order valence-electron chi connectivity index (χ4n) is 3.57. The van der Waals surface area contributed by atoms with Crippen molar-refractivity contribution in [1.29, 1.82) is 0 Å². The summed E-state index contributed by atoms with van der Waals surface area (Å²) in [6.45, 7) is 5.49. The summed E-state index contributed by atoms with van der Waals surface area (Å²) in [7, 11) is 0. The Hall–Kier alpha value is -0.840. The van der Waals surface area contributed by atoms with Gasteiger partial charge in [0.15, 0.2) is 4.77 Å². The number of H-pyrrole nitrogens is 1. The Morgan fingerprint density at radius 3 is 2.72 bits per heavy atom. The van der Waals surface area contributed by atoms with Gasteiger partial charge in [0.05, 0.1) is 0 Å². The van der Waals surface area contributed by atoms with Crippen molar-refractivity contribution < 1.29 is 0 Å². The maximum Gasteiger partial charge on any atom is 0.225 e. The van der Waals surface area contributed by atoms with E-state index in [1.165, 1.54) is 38.8 Å². The van der Waals surface area contributed by atoms with E-state index in [9.17, 15) is 0 Å². The Kier molecular flexibility index (Phi) is 3.41. The van der Waals surface area contributed by atoms with Crippen LogP contribution < -0.4 is 4.90 Å². The number of rotatable bonds is 3. The quantitative estimate of drug-likeness (QED) is 0.855. The minimum atomic E-state index is 0.766. The Morgan fingerprint density at radius 1 is 1.33 bits per heavy atom. The zero-order valence-corrected chi connectivity index (χ0v) is 11.9. The molecule has 1 aliphatic heterocycles. The number of piperidine rings is 1. The number of aromatic nitrogens is 3. The molecule has 0 amide bonds. The minimum absolute atomic E-state index is 0.766. The second kappa shape index (κ2) is 5.03. The molecule has 100 valence electrons. The molecule has 2 unspecified atom stereocenters. The molecule has 1 aromatic heterocycles. The number of fused-ring (bicyclic) bond motifs is 2. The Balaban J connectivity index is 1.84. The van der Waals surface area contributed by atoms with Crippen molar-refractivity contribution in [2.45, 2.75) is 45.6 Å². The van der Waals surface area contributed by atoms with E-state index in [0.717, 1.165) is 35.5 Å². The van der Waals surface area contributed by atoms with Crippen molar-refractivity contribution in [2.75, 3.05) is 18.0 Å². The Labute approximate surface area is 113 Å². The molecule has 0 spiro atoms. The van der Waals surface area contributed by atoms with Gasteiger partial charge in [0.25, 0.3) is 0 Å². The summed E-state index contributed by atoms with van der Waals surface area (Å²) in [5.41, 5.74) is 0. The largest absolute Gasteiger partial charge is 0.340 e. The molecule has 0 radical (unpaired) electrons. The van der Waals surface area contributed by atoms with Gasteiger partial charge >= 0.3 is 0 Å². The second-order valence-corrected chi connectivity index (χ2v) is 6.17. The van der Waals surface area contributed by atoms with Crippen molar-refractivity contribution in [1.82, 2.24) is 14.8 Å². The lowest BCUT2D eigenvalue weighted by molar-refractivity contribution is 0.229. The van der Waals surface area contributed by atoms with Crippen LogP contribution in [-0.2, 0) is 6.54 Å². The van der Waals surface area contributed by atoms with Crippen molar-refractivity contribution in [3.8, 4) is 0 Å². The molecule has 1 aliphatic carbocycles. The normalized spacial score (nSPS) is 27.5. The van der Waals surface area contributed by atoms with Crippen LogP contribution in [0.2, 0.25) is 0 Å².